The molecule has 0 bridgehead atoms. The number of likely N-dealkylation sites (tertiary alicyclic amines) is 1. The second-order valence-electron chi connectivity index (χ2n) is 7.64. The molecule has 0 unspecified atom stereocenters. The van der Waals surface area contributed by atoms with Crippen LogP contribution in [0.2, 0.25) is 5.02 Å². The number of ether oxygens (including phenoxy) is 1. The summed E-state index contributed by atoms with van der Waals surface area (Å²) in [5, 5.41) is 5.79. The molecule has 2 atom stereocenters. The first kappa shape index (κ1) is 23.4. The Bertz CT molecular complexity index is 1270. The van der Waals surface area contributed by atoms with Gasteiger partial charge in [-0.05, 0) is 36.4 Å². The summed E-state index contributed by atoms with van der Waals surface area (Å²) in [6, 6.07) is 10.4. The molecule has 9 nitrogen and oxygen atoms in total. The van der Waals surface area contributed by atoms with Crippen molar-refractivity contribution in [2.75, 3.05) is 24.3 Å². The Morgan fingerprint density at radius 2 is 1.91 bits per heavy atom. The number of anilines is 2. The van der Waals surface area contributed by atoms with Crippen LogP contribution in [0.15, 0.2) is 65.8 Å². The monoisotopic (exact) mass is 485 g/mol. The fourth-order valence-corrected chi connectivity index (χ4v) is 3.81. The number of hydrogen-bond acceptors (Lipinski definition) is 5. The average molecular weight is 486 g/mol. The van der Waals surface area contributed by atoms with E-state index in [2.05, 4.69) is 15.6 Å². The van der Waals surface area contributed by atoms with E-state index in [0.717, 1.165) is 6.07 Å². The van der Waals surface area contributed by atoms with Crippen molar-refractivity contribution in [3.63, 3.8) is 0 Å². The number of rotatable bonds is 5. The van der Waals surface area contributed by atoms with Crippen molar-refractivity contribution in [1.29, 1.82) is 0 Å². The fourth-order valence-electron chi connectivity index (χ4n) is 3.68. The molecule has 0 aliphatic carbocycles. The summed E-state index contributed by atoms with van der Waals surface area (Å²) in [6.45, 7) is 0.194. The van der Waals surface area contributed by atoms with E-state index in [9.17, 15) is 18.8 Å². The van der Waals surface area contributed by atoms with Gasteiger partial charge in [0.2, 0.25) is 5.91 Å². The van der Waals surface area contributed by atoms with Gasteiger partial charge < -0.3 is 20.3 Å². The van der Waals surface area contributed by atoms with E-state index < -0.39 is 23.8 Å². The smallest absolute Gasteiger partial charge is 0.322 e. The molecule has 0 radical (unpaired) electrons. The third kappa shape index (κ3) is 5.08. The molecule has 0 spiro atoms. The first-order valence-corrected chi connectivity index (χ1v) is 10.7. The van der Waals surface area contributed by atoms with Gasteiger partial charge in [-0.15, -0.1) is 0 Å². The molecule has 2 aromatic carbocycles. The zero-order valence-corrected chi connectivity index (χ0v) is 18.8. The number of benzene rings is 2. The number of nitrogens with one attached hydrogen (secondary N) is 2. The molecule has 1 aliphatic heterocycles. The van der Waals surface area contributed by atoms with E-state index in [1.165, 1.54) is 47.3 Å². The zero-order valence-electron chi connectivity index (χ0n) is 18.1. The number of nitrogens with zero attached hydrogens (tertiary/aromatic N) is 3. The molecule has 1 saturated heterocycles. The van der Waals surface area contributed by atoms with Crippen molar-refractivity contribution in [2.24, 2.45) is 0 Å². The molecule has 176 valence electrons. The van der Waals surface area contributed by atoms with Crippen LogP contribution in [0.4, 0.5) is 20.6 Å². The summed E-state index contributed by atoms with van der Waals surface area (Å²) in [5.74, 6) is -1.30. The number of halogens is 2. The highest BCUT2D eigenvalue weighted by atomic mass is 35.5. The molecule has 11 heteroatoms. The van der Waals surface area contributed by atoms with E-state index in [1.54, 1.807) is 24.3 Å². The largest absolute Gasteiger partial charge is 0.380 e. The normalized spacial score (nSPS) is 17.4. The third-order valence-electron chi connectivity index (χ3n) is 5.47. The van der Waals surface area contributed by atoms with Crippen LogP contribution in [0.25, 0.3) is 5.69 Å². The first-order valence-electron chi connectivity index (χ1n) is 10.3. The molecule has 2 N–H and O–H groups in total. The van der Waals surface area contributed by atoms with Gasteiger partial charge in [-0.2, -0.15) is 0 Å². The van der Waals surface area contributed by atoms with Crippen LogP contribution in [0, 0.1) is 5.82 Å². The number of urea groups is 1. The van der Waals surface area contributed by atoms with Crippen molar-refractivity contribution >= 4 is 34.9 Å². The van der Waals surface area contributed by atoms with Crippen molar-refractivity contribution in [2.45, 2.75) is 18.6 Å². The third-order valence-corrected chi connectivity index (χ3v) is 5.72. The maximum absolute atomic E-state index is 14.8. The predicted molar refractivity (Wildman–Crippen MR) is 125 cm³/mol. The fraction of sp³-hybridized carbons (Fsp3) is 0.217. The molecule has 1 aliphatic rings. The van der Waals surface area contributed by atoms with Crippen molar-refractivity contribution in [3.05, 3.63) is 82.2 Å². The minimum Gasteiger partial charge on any atom is -0.380 e. The molecule has 1 aromatic heterocycles. The van der Waals surface area contributed by atoms with Gasteiger partial charge in [0.15, 0.2) is 0 Å². The van der Waals surface area contributed by atoms with Crippen LogP contribution in [-0.2, 0) is 9.53 Å². The molecule has 1 fully saturated rings. The SMILES string of the molecule is CO[C@@H]1C[C@H](C(=O)Nc2ccc(-n3cnccc3=O)cc2F)N(C(=O)Nc2ccc(Cl)cc2)C1. The average Bonchev–Trinajstić information content (AvgIpc) is 3.27. The molecule has 0 saturated carbocycles. The number of amides is 3. The van der Waals surface area contributed by atoms with Crippen LogP contribution in [0.3, 0.4) is 0 Å². The van der Waals surface area contributed by atoms with Gasteiger partial charge in [0.1, 0.15) is 18.2 Å². The van der Waals surface area contributed by atoms with Gasteiger partial charge in [0, 0.05) is 49.1 Å². The second-order valence-corrected chi connectivity index (χ2v) is 8.08. The lowest BCUT2D eigenvalue weighted by Gasteiger charge is -2.24. The Kier molecular flexibility index (Phi) is 6.90. The van der Waals surface area contributed by atoms with Crippen molar-refractivity contribution < 1.29 is 18.7 Å². The summed E-state index contributed by atoms with van der Waals surface area (Å²) in [7, 11) is 1.50. The summed E-state index contributed by atoms with van der Waals surface area (Å²) < 4.78 is 21.3. The van der Waals surface area contributed by atoms with E-state index >= 15 is 0 Å². The number of hydrogen-bond donors (Lipinski definition) is 2. The molecule has 2 heterocycles. The van der Waals surface area contributed by atoms with E-state index in [0.29, 0.717) is 10.7 Å². The van der Waals surface area contributed by atoms with Crippen molar-refractivity contribution in [3.8, 4) is 5.69 Å². The van der Waals surface area contributed by atoms with Crippen LogP contribution < -0.4 is 16.2 Å². The lowest BCUT2D eigenvalue weighted by atomic mass is 10.1. The van der Waals surface area contributed by atoms with Crippen molar-refractivity contribution in [1.82, 2.24) is 14.5 Å². The Hall–Kier alpha value is -3.76. The van der Waals surface area contributed by atoms with Gasteiger partial charge >= 0.3 is 6.03 Å². The molecular weight excluding hydrogens is 465 g/mol. The highest BCUT2D eigenvalue weighted by Gasteiger charge is 2.40. The van der Waals surface area contributed by atoms with E-state index in [-0.39, 0.29) is 36.0 Å². The maximum Gasteiger partial charge on any atom is 0.322 e. The second kappa shape index (κ2) is 10.0. The first-order chi connectivity index (χ1) is 16.4. The molecule has 3 aromatic rings. The molecule has 3 amide bonds. The van der Waals surface area contributed by atoms with Gasteiger partial charge in [-0.3, -0.25) is 14.2 Å². The van der Waals surface area contributed by atoms with Crippen LogP contribution >= 0.6 is 11.6 Å². The quantitative estimate of drug-likeness (QED) is 0.577. The van der Waals surface area contributed by atoms with Crippen LogP contribution in [0.5, 0.6) is 0 Å². The lowest BCUT2D eigenvalue weighted by molar-refractivity contribution is -0.119. The minimum absolute atomic E-state index is 0.0791. The summed E-state index contributed by atoms with van der Waals surface area (Å²) in [4.78, 5) is 43.0. The standard InChI is InChI=1S/C23H21ClFN5O4/c1-34-17-11-20(29(12-17)23(33)27-15-4-2-14(24)3-5-15)22(32)28-19-7-6-16(10-18(19)25)30-13-26-9-8-21(30)31/h2-10,13,17,20H,11-12H2,1H3,(H,27,33)(H,28,32)/t17-,20-/m1/s1. The lowest BCUT2D eigenvalue weighted by Crippen LogP contribution is -2.45. The van der Waals surface area contributed by atoms with Crippen LogP contribution in [0.1, 0.15) is 6.42 Å². The number of carbonyl (C=O) groups excluding carboxylic acids is 2. The van der Waals surface area contributed by atoms with Crippen LogP contribution in [-0.4, -0.2) is 52.2 Å². The topological polar surface area (TPSA) is 106 Å². The Morgan fingerprint density at radius 3 is 2.59 bits per heavy atom. The Balaban J connectivity index is 1.50. The maximum atomic E-state index is 14.8. The highest BCUT2D eigenvalue weighted by Crippen LogP contribution is 2.25. The Labute approximate surface area is 199 Å². The predicted octanol–water partition coefficient (Wildman–Crippen LogP) is 3.28. The summed E-state index contributed by atoms with van der Waals surface area (Å²) >= 11 is 5.88. The van der Waals surface area contributed by atoms with Gasteiger partial charge in [-0.25, -0.2) is 14.2 Å². The Morgan fingerprint density at radius 1 is 1.15 bits per heavy atom. The summed E-state index contributed by atoms with van der Waals surface area (Å²) in [5.41, 5.74) is 0.328. The molecule has 34 heavy (non-hydrogen) atoms. The summed E-state index contributed by atoms with van der Waals surface area (Å²) in [6.07, 6.45) is 2.52. The molecule has 4 rings (SSSR count). The van der Waals surface area contributed by atoms with Gasteiger partial charge in [0.05, 0.1) is 17.5 Å². The zero-order chi connectivity index (χ0) is 24.2. The highest BCUT2D eigenvalue weighted by molar-refractivity contribution is 6.30. The van der Waals surface area contributed by atoms with Gasteiger partial charge in [0.25, 0.3) is 5.56 Å². The number of carbonyl (C=O) groups is 2. The molecular formula is C23H21ClFN5O4. The number of methoxy groups -OCH3 is 1. The van der Waals surface area contributed by atoms with E-state index in [1.807, 2.05) is 0 Å². The number of aromatic nitrogens is 2. The minimum atomic E-state index is -0.878. The van der Waals surface area contributed by atoms with Gasteiger partial charge in [-0.1, -0.05) is 11.6 Å². The van der Waals surface area contributed by atoms with E-state index in [4.69, 9.17) is 16.3 Å².